The summed E-state index contributed by atoms with van der Waals surface area (Å²) in [4.78, 5) is 8.71. The van der Waals surface area contributed by atoms with Gasteiger partial charge in [0, 0.05) is 24.9 Å². The fourth-order valence-electron chi connectivity index (χ4n) is 2.63. The van der Waals surface area contributed by atoms with Crippen LogP contribution in [0.3, 0.4) is 0 Å². The van der Waals surface area contributed by atoms with Gasteiger partial charge in [-0.2, -0.15) is 4.98 Å². The molecule has 1 unspecified atom stereocenters. The molecule has 3 aromatic rings. The Morgan fingerprint density at radius 3 is 2.74 bits per heavy atom. The highest BCUT2D eigenvalue weighted by atomic mass is 16.6. The lowest BCUT2D eigenvalue weighted by molar-refractivity contribution is -0.0213. The lowest BCUT2D eigenvalue weighted by Gasteiger charge is -2.32. The number of rotatable bonds is 6. The van der Waals surface area contributed by atoms with Gasteiger partial charge in [-0.05, 0) is 25.1 Å². The highest BCUT2D eigenvalue weighted by Gasteiger charge is 2.40. The first-order chi connectivity index (χ1) is 13.2. The second-order valence-corrected chi connectivity index (χ2v) is 6.22. The highest BCUT2D eigenvalue weighted by molar-refractivity contribution is 5.53. The van der Waals surface area contributed by atoms with E-state index in [1.54, 1.807) is 19.4 Å². The second kappa shape index (κ2) is 7.24. The third-order valence-electron chi connectivity index (χ3n) is 4.10. The largest absolute Gasteiger partial charge is 0.485 e. The smallest absolute Gasteiger partial charge is 0.274 e. The first-order valence-electron chi connectivity index (χ1n) is 8.51. The van der Waals surface area contributed by atoms with Gasteiger partial charge in [0.05, 0.1) is 6.61 Å². The molecule has 2 aromatic heterocycles. The number of hydrogen-bond acceptors (Lipinski definition) is 8. The molecule has 4 rings (SSSR count). The van der Waals surface area contributed by atoms with E-state index in [-0.39, 0.29) is 6.61 Å². The number of para-hydroxylation sites is 2. The van der Waals surface area contributed by atoms with Crippen molar-refractivity contribution in [1.29, 1.82) is 0 Å². The molecule has 8 heteroatoms. The van der Waals surface area contributed by atoms with Gasteiger partial charge in [-0.25, -0.2) is 4.98 Å². The second-order valence-electron chi connectivity index (χ2n) is 6.22. The van der Waals surface area contributed by atoms with Crippen molar-refractivity contribution in [3.8, 4) is 28.8 Å². The van der Waals surface area contributed by atoms with Gasteiger partial charge < -0.3 is 23.5 Å². The molecule has 1 aliphatic heterocycles. The van der Waals surface area contributed by atoms with E-state index in [9.17, 15) is 0 Å². The standard InChI is InChI=1S/C19H19N3O5/c1-19(12-25-14-5-3-4-6-15(14)26-19)18-21-17(22-27-18)13-7-8-16(20-11-13)24-10-9-23-2/h3-8,11H,9-10,12H2,1-2H3. The molecule has 3 heterocycles. The number of aromatic nitrogens is 3. The predicted molar refractivity (Wildman–Crippen MR) is 94.8 cm³/mol. The number of benzene rings is 1. The average molecular weight is 369 g/mol. The molecule has 0 aliphatic carbocycles. The number of pyridine rings is 1. The Kier molecular flexibility index (Phi) is 4.64. The monoisotopic (exact) mass is 369 g/mol. The third-order valence-corrected chi connectivity index (χ3v) is 4.10. The molecule has 1 aliphatic rings. The number of hydrogen-bond donors (Lipinski definition) is 0. The van der Waals surface area contributed by atoms with Gasteiger partial charge in [0.1, 0.15) is 13.2 Å². The van der Waals surface area contributed by atoms with Crippen LogP contribution in [0.25, 0.3) is 11.4 Å². The van der Waals surface area contributed by atoms with Crippen LogP contribution in [0.1, 0.15) is 12.8 Å². The number of nitrogens with zero attached hydrogens (tertiary/aromatic N) is 3. The normalized spacial score (nSPS) is 18.3. The molecule has 27 heavy (non-hydrogen) atoms. The van der Waals surface area contributed by atoms with Crippen LogP contribution in [0, 0.1) is 0 Å². The topological polar surface area (TPSA) is 88.7 Å². The Bertz CT molecular complexity index is 912. The minimum Gasteiger partial charge on any atom is -0.485 e. The molecule has 0 bridgehead atoms. The summed E-state index contributed by atoms with van der Waals surface area (Å²) in [5.41, 5.74) is -0.152. The highest BCUT2D eigenvalue weighted by Crippen LogP contribution is 2.39. The molecule has 0 N–H and O–H groups in total. The maximum Gasteiger partial charge on any atom is 0.274 e. The van der Waals surface area contributed by atoms with E-state index in [2.05, 4.69) is 15.1 Å². The first kappa shape index (κ1) is 17.3. The summed E-state index contributed by atoms with van der Waals surface area (Å²) in [5.74, 6) is 2.61. The van der Waals surface area contributed by atoms with E-state index < -0.39 is 5.60 Å². The van der Waals surface area contributed by atoms with Crippen molar-refractivity contribution in [1.82, 2.24) is 15.1 Å². The van der Waals surface area contributed by atoms with Gasteiger partial charge in [0.25, 0.3) is 5.89 Å². The lowest BCUT2D eigenvalue weighted by Crippen LogP contribution is -2.39. The average Bonchev–Trinajstić information content (AvgIpc) is 3.20. The van der Waals surface area contributed by atoms with Crippen LogP contribution in [-0.4, -0.2) is 42.1 Å². The zero-order valence-electron chi connectivity index (χ0n) is 15.0. The van der Waals surface area contributed by atoms with Crippen LogP contribution in [-0.2, 0) is 10.3 Å². The van der Waals surface area contributed by atoms with Crippen LogP contribution >= 0.6 is 0 Å². The van der Waals surface area contributed by atoms with Crippen molar-refractivity contribution in [2.75, 3.05) is 26.9 Å². The van der Waals surface area contributed by atoms with E-state index in [0.29, 0.717) is 47.9 Å². The molecule has 0 saturated carbocycles. The van der Waals surface area contributed by atoms with E-state index in [1.807, 2.05) is 37.3 Å². The van der Waals surface area contributed by atoms with Gasteiger partial charge in [0.2, 0.25) is 17.3 Å². The van der Waals surface area contributed by atoms with E-state index >= 15 is 0 Å². The number of ether oxygens (including phenoxy) is 4. The van der Waals surface area contributed by atoms with Crippen molar-refractivity contribution in [2.24, 2.45) is 0 Å². The summed E-state index contributed by atoms with van der Waals surface area (Å²) >= 11 is 0. The number of methoxy groups -OCH3 is 1. The van der Waals surface area contributed by atoms with E-state index in [0.717, 1.165) is 0 Å². The summed E-state index contributed by atoms with van der Waals surface area (Å²) in [6, 6.07) is 11.0. The quantitative estimate of drug-likeness (QED) is 0.613. The Morgan fingerprint density at radius 1 is 1.11 bits per heavy atom. The summed E-state index contributed by atoms with van der Waals surface area (Å²) in [7, 11) is 1.62. The third kappa shape index (κ3) is 3.56. The Morgan fingerprint density at radius 2 is 1.96 bits per heavy atom. The van der Waals surface area contributed by atoms with Crippen molar-refractivity contribution < 1.29 is 23.5 Å². The van der Waals surface area contributed by atoms with Crippen molar-refractivity contribution in [3.63, 3.8) is 0 Å². The summed E-state index contributed by atoms with van der Waals surface area (Å²) in [5, 5.41) is 4.05. The van der Waals surface area contributed by atoms with Crippen LogP contribution < -0.4 is 14.2 Å². The minimum absolute atomic E-state index is 0.274. The van der Waals surface area contributed by atoms with Crippen LogP contribution in [0.15, 0.2) is 47.1 Å². The van der Waals surface area contributed by atoms with Crippen LogP contribution in [0.2, 0.25) is 0 Å². The van der Waals surface area contributed by atoms with Gasteiger partial charge in [0.15, 0.2) is 11.5 Å². The molecule has 140 valence electrons. The fraction of sp³-hybridized carbons (Fsp3) is 0.316. The summed E-state index contributed by atoms with van der Waals surface area (Å²) in [6.45, 7) is 3.06. The Hall–Kier alpha value is -3.13. The fourth-order valence-corrected chi connectivity index (χ4v) is 2.63. The van der Waals surface area contributed by atoms with Crippen LogP contribution in [0.4, 0.5) is 0 Å². The zero-order chi connectivity index (χ0) is 18.7. The zero-order valence-corrected chi connectivity index (χ0v) is 15.0. The van der Waals surface area contributed by atoms with Gasteiger partial charge in [-0.1, -0.05) is 17.3 Å². The van der Waals surface area contributed by atoms with Gasteiger partial charge in [-0.15, -0.1) is 0 Å². The molecule has 1 atom stereocenters. The number of fused-ring (bicyclic) bond motifs is 1. The maximum absolute atomic E-state index is 6.06. The molecule has 0 saturated heterocycles. The molecule has 0 fully saturated rings. The molecule has 0 amide bonds. The Labute approximate surface area is 156 Å². The minimum atomic E-state index is -0.865. The predicted octanol–water partition coefficient (Wildman–Crippen LogP) is 2.84. The van der Waals surface area contributed by atoms with Crippen molar-refractivity contribution >= 4 is 0 Å². The lowest BCUT2D eigenvalue weighted by atomic mass is 10.1. The maximum atomic E-state index is 6.06. The van der Waals surface area contributed by atoms with Crippen molar-refractivity contribution in [2.45, 2.75) is 12.5 Å². The molecular weight excluding hydrogens is 350 g/mol. The Balaban J connectivity index is 1.50. The van der Waals surface area contributed by atoms with Gasteiger partial charge in [-0.3, -0.25) is 0 Å². The van der Waals surface area contributed by atoms with Gasteiger partial charge >= 0.3 is 0 Å². The molecule has 8 nitrogen and oxygen atoms in total. The van der Waals surface area contributed by atoms with E-state index in [4.69, 9.17) is 23.5 Å². The summed E-state index contributed by atoms with van der Waals surface area (Å²) in [6.07, 6.45) is 1.63. The molecular formula is C19H19N3O5. The molecule has 0 radical (unpaired) electrons. The first-order valence-corrected chi connectivity index (χ1v) is 8.51. The van der Waals surface area contributed by atoms with Crippen molar-refractivity contribution in [3.05, 3.63) is 48.5 Å². The van der Waals surface area contributed by atoms with Crippen LogP contribution in [0.5, 0.6) is 17.4 Å². The SMILES string of the molecule is COCCOc1ccc(-c2noc(C3(C)COc4ccccc4O3)n2)cn1. The van der Waals surface area contributed by atoms with E-state index in [1.165, 1.54) is 0 Å². The molecule has 0 spiro atoms. The molecule has 1 aromatic carbocycles. The summed E-state index contributed by atoms with van der Waals surface area (Å²) < 4.78 is 27.7.